The summed E-state index contributed by atoms with van der Waals surface area (Å²) >= 11 is 0. The summed E-state index contributed by atoms with van der Waals surface area (Å²) in [6.07, 6.45) is 1.99. The van der Waals surface area contributed by atoms with Gasteiger partial charge in [0, 0.05) is 51.5 Å². The van der Waals surface area contributed by atoms with Crippen molar-refractivity contribution in [3.05, 3.63) is 34.9 Å². The number of ether oxygens (including phenoxy) is 1. The Morgan fingerprint density at radius 1 is 1.43 bits per heavy atom. The van der Waals surface area contributed by atoms with E-state index in [-0.39, 0.29) is 11.8 Å². The molecule has 0 saturated carbocycles. The molecule has 0 N–H and O–H groups in total. The zero-order chi connectivity index (χ0) is 16.6. The summed E-state index contributed by atoms with van der Waals surface area (Å²) in [6.45, 7) is 6.33. The van der Waals surface area contributed by atoms with Gasteiger partial charge >= 0.3 is 0 Å². The standard InChI is InChI=1S/C16H23N5O2/c1-5-21-14(6-11(2)17-21)16(22)20-8-12-7-19(3)18-15(12)13(9-20)10-23-4/h6-7,13H,5,8-10H2,1-4H3/t13-/m0/s1. The lowest BCUT2D eigenvalue weighted by atomic mass is 9.97. The van der Waals surface area contributed by atoms with Gasteiger partial charge in [-0.25, -0.2) is 0 Å². The van der Waals surface area contributed by atoms with Crippen molar-refractivity contribution in [2.24, 2.45) is 7.05 Å². The Morgan fingerprint density at radius 3 is 2.91 bits per heavy atom. The van der Waals surface area contributed by atoms with Crippen LogP contribution in [-0.2, 0) is 24.9 Å². The number of aromatic nitrogens is 4. The van der Waals surface area contributed by atoms with Gasteiger partial charge in [0.15, 0.2) is 0 Å². The van der Waals surface area contributed by atoms with Crippen molar-refractivity contribution in [3.63, 3.8) is 0 Å². The van der Waals surface area contributed by atoms with Gasteiger partial charge in [0.2, 0.25) is 0 Å². The number of hydrogen-bond donors (Lipinski definition) is 0. The molecule has 0 fully saturated rings. The van der Waals surface area contributed by atoms with Gasteiger partial charge in [0.1, 0.15) is 5.69 Å². The zero-order valence-electron chi connectivity index (χ0n) is 14.1. The van der Waals surface area contributed by atoms with Crippen LogP contribution < -0.4 is 0 Å². The van der Waals surface area contributed by atoms with Crippen LogP contribution >= 0.6 is 0 Å². The van der Waals surface area contributed by atoms with Crippen LogP contribution in [0.15, 0.2) is 12.3 Å². The molecule has 0 bridgehead atoms. The number of carbonyl (C=O) groups is 1. The minimum Gasteiger partial charge on any atom is -0.384 e. The van der Waals surface area contributed by atoms with Gasteiger partial charge in [0.05, 0.1) is 18.0 Å². The highest BCUT2D eigenvalue weighted by Crippen LogP contribution is 2.28. The largest absolute Gasteiger partial charge is 0.384 e. The van der Waals surface area contributed by atoms with E-state index in [2.05, 4.69) is 10.2 Å². The molecule has 0 aliphatic carbocycles. The highest BCUT2D eigenvalue weighted by molar-refractivity contribution is 5.93. The minimum absolute atomic E-state index is 0.0167. The number of fused-ring (bicyclic) bond motifs is 1. The molecule has 1 amide bonds. The van der Waals surface area contributed by atoms with Crippen LogP contribution in [0.2, 0.25) is 0 Å². The Kier molecular flexibility index (Phi) is 4.21. The van der Waals surface area contributed by atoms with Gasteiger partial charge in [-0.15, -0.1) is 0 Å². The molecule has 1 aliphatic rings. The number of carbonyl (C=O) groups excluding carboxylic acids is 1. The maximum atomic E-state index is 13.0. The first-order valence-electron chi connectivity index (χ1n) is 7.88. The lowest BCUT2D eigenvalue weighted by Crippen LogP contribution is -2.40. The van der Waals surface area contributed by atoms with Crippen molar-refractivity contribution in [2.45, 2.75) is 32.9 Å². The Hall–Kier alpha value is -2.15. The van der Waals surface area contributed by atoms with Gasteiger partial charge in [-0.1, -0.05) is 0 Å². The number of amides is 1. The molecule has 0 unspecified atom stereocenters. The van der Waals surface area contributed by atoms with E-state index >= 15 is 0 Å². The van der Waals surface area contributed by atoms with E-state index in [1.165, 1.54) is 0 Å². The van der Waals surface area contributed by atoms with Gasteiger partial charge in [-0.05, 0) is 19.9 Å². The molecule has 2 aromatic rings. The van der Waals surface area contributed by atoms with Crippen LogP contribution in [0.25, 0.3) is 0 Å². The first kappa shape index (κ1) is 15.7. The molecule has 1 atom stereocenters. The topological polar surface area (TPSA) is 65.2 Å². The van der Waals surface area contributed by atoms with Crippen molar-refractivity contribution in [3.8, 4) is 0 Å². The summed E-state index contributed by atoms with van der Waals surface area (Å²) in [7, 11) is 3.59. The van der Waals surface area contributed by atoms with E-state index in [4.69, 9.17) is 4.74 Å². The second-order valence-corrected chi connectivity index (χ2v) is 6.04. The van der Waals surface area contributed by atoms with Crippen molar-refractivity contribution >= 4 is 5.91 Å². The van der Waals surface area contributed by atoms with Crippen molar-refractivity contribution in [1.29, 1.82) is 0 Å². The average molecular weight is 317 g/mol. The third-order valence-electron chi connectivity index (χ3n) is 4.20. The maximum absolute atomic E-state index is 13.0. The lowest BCUT2D eigenvalue weighted by molar-refractivity contribution is 0.0666. The summed E-state index contributed by atoms with van der Waals surface area (Å²) in [5.74, 6) is 0.121. The average Bonchev–Trinajstić information content (AvgIpc) is 3.08. The number of methoxy groups -OCH3 is 1. The monoisotopic (exact) mass is 317 g/mol. The fourth-order valence-electron chi connectivity index (χ4n) is 3.25. The van der Waals surface area contributed by atoms with E-state index in [1.807, 2.05) is 42.7 Å². The molecule has 0 aromatic carbocycles. The molecule has 0 radical (unpaired) electrons. The van der Waals surface area contributed by atoms with E-state index in [1.54, 1.807) is 11.8 Å². The Bertz CT molecular complexity index is 718. The molecule has 0 spiro atoms. The SMILES string of the molecule is CCn1nc(C)cc1C(=O)N1Cc2cn(C)nc2[C@H](COC)C1. The van der Waals surface area contributed by atoms with Gasteiger partial charge in [-0.3, -0.25) is 14.2 Å². The first-order chi connectivity index (χ1) is 11.0. The third-order valence-corrected chi connectivity index (χ3v) is 4.20. The van der Waals surface area contributed by atoms with E-state index < -0.39 is 0 Å². The van der Waals surface area contributed by atoms with Crippen molar-refractivity contribution in [1.82, 2.24) is 24.5 Å². The van der Waals surface area contributed by atoms with E-state index in [0.717, 1.165) is 17.0 Å². The van der Waals surface area contributed by atoms with Crippen molar-refractivity contribution in [2.75, 3.05) is 20.3 Å². The zero-order valence-corrected chi connectivity index (χ0v) is 14.1. The molecule has 0 saturated heterocycles. The molecule has 124 valence electrons. The van der Waals surface area contributed by atoms with Crippen LogP contribution in [0, 0.1) is 6.92 Å². The van der Waals surface area contributed by atoms with Crippen LogP contribution in [0.3, 0.4) is 0 Å². The molecule has 1 aliphatic heterocycles. The summed E-state index contributed by atoms with van der Waals surface area (Å²) < 4.78 is 8.90. The second kappa shape index (κ2) is 6.16. The van der Waals surface area contributed by atoms with Gasteiger partial charge in [-0.2, -0.15) is 10.2 Å². The van der Waals surface area contributed by atoms with Crippen LogP contribution in [0.5, 0.6) is 0 Å². The Morgan fingerprint density at radius 2 is 2.22 bits per heavy atom. The van der Waals surface area contributed by atoms with Crippen molar-refractivity contribution < 1.29 is 9.53 Å². The van der Waals surface area contributed by atoms with Gasteiger partial charge in [0.25, 0.3) is 5.91 Å². The molecule has 7 heteroatoms. The van der Waals surface area contributed by atoms with Crippen LogP contribution in [0.4, 0.5) is 0 Å². The molecule has 23 heavy (non-hydrogen) atoms. The van der Waals surface area contributed by atoms with E-state index in [0.29, 0.717) is 31.9 Å². The second-order valence-electron chi connectivity index (χ2n) is 6.04. The molecule has 2 aromatic heterocycles. The molecule has 3 rings (SSSR count). The fourth-order valence-corrected chi connectivity index (χ4v) is 3.25. The lowest BCUT2D eigenvalue weighted by Gasteiger charge is -2.31. The first-order valence-corrected chi connectivity index (χ1v) is 7.88. The molecule has 3 heterocycles. The fraction of sp³-hybridized carbons (Fsp3) is 0.562. The predicted octanol–water partition coefficient (Wildman–Crippen LogP) is 1.33. The Labute approximate surface area is 135 Å². The quantitative estimate of drug-likeness (QED) is 0.853. The third kappa shape index (κ3) is 2.88. The molecule has 7 nitrogen and oxygen atoms in total. The van der Waals surface area contributed by atoms with E-state index in [9.17, 15) is 4.79 Å². The normalized spacial score (nSPS) is 17.4. The number of hydrogen-bond acceptors (Lipinski definition) is 4. The highest BCUT2D eigenvalue weighted by Gasteiger charge is 2.32. The molecular formula is C16H23N5O2. The Balaban J connectivity index is 1.90. The highest BCUT2D eigenvalue weighted by atomic mass is 16.5. The summed E-state index contributed by atoms with van der Waals surface area (Å²) in [6, 6.07) is 1.86. The number of rotatable bonds is 4. The maximum Gasteiger partial charge on any atom is 0.272 e. The minimum atomic E-state index is 0.0167. The van der Waals surface area contributed by atoms with Crippen LogP contribution in [0.1, 0.15) is 40.3 Å². The summed E-state index contributed by atoms with van der Waals surface area (Å²) in [5.41, 5.74) is 3.64. The number of nitrogens with zero attached hydrogens (tertiary/aromatic N) is 5. The van der Waals surface area contributed by atoms with Crippen LogP contribution in [-0.4, -0.2) is 50.6 Å². The summed E-state index contributed by atoms with van der Waals surface area (Å²) in [5, 5.41) is 8.91. The number of aryl methyl sites for hydroxylation is 3. The summed E-state index contributed by atoms with van der Waals surface area (Å²) in [4.78, 5) is 14.8. The molecular weight excluding hydrogens is 294 g/mol. The van der Waals surface area contributed by atoms with Gasteiger partial charge < -0.3 is 9.64 Å². The smallest absolute Gasteiger partial charge is 0.272 e. The predicted molar refractivity (Wildman–Crippen MR) is 85.2 cm³/mol.